The van der Waals surface area contributed by atoms with Gasteiger partial charge in [-0.2, -0.15) is 0 Å². The third-order valence-electron chi connectivity index (χ3n) is 3.86. The summed E-state index contributed by atoms with van der Waals surface area (Å²) < 4.78 is 3.12. The minimum atomic E-state index is -0.0896. The Bertz CT molecular complexity index is 1120. The first kappa shape index (κ1) is 15.1. The number of aromatic nitrogens is 3. The van der Waals surface area contributed by atoms with E-state index in [9.17, 15) is 4.79 Å². The fourth-order valence-electron chi connectivity index (χ4n) is 2.69. The Kier molecular flexibility index (Phi) is 3.51. The van der Waals surface area contributed by atoms with Crippen LogP contribution < -0.4 is 10.5 Å². The Morgan fingerprint density at radius 1 is 1.17 bits per heavy atom. The third-order valence-corrected chi connectivity index (χ3v) is 5.21. The topological polar surface area (TPSA) is 51.0 Å². The molecule has 4 rings (SSSR count). The molecule has 1 aromatic carbocycles. The van der Waals surface area contributed by atoms with E-state index in [1.807, 2.05) is 19.0 Å². The van der Waals surface area contributed by atoms with Gasteiger partial charge in [-0.1, -0.05) is 11.6 Å². The first-order chi connectivity index (χ1) is 11.6. The second-order valence-electron chi connectivity index (χ2n) is 5.60. The molecule has 0 N–H and O–H groups in total. The number of fused-ring (bicyclic) bond motifs is 3. The minimum absolute atomic E-state index is 0.0896. The highest BCUT2D eigenvalue weighted by Crippen LogP contribution is 2.35. The summed E-state index contributed by atoms with van der Waals surface area (Å²) in [7, 11) is 3.91. The van der Waals surface area contributed by atoms with E-state index in [1.54, 1.807) is 43.0 Å². The molecule has 0 aliphatic rings. The van der Waals surface area contributed by atoms with Crippen LogP contribution >= 0.6 is 22.9 Å². The van der Waals surface area contributed by atoms with Crippen molar-refractivity contribution in [2.75, 3.05) is 19.0 Å². The molecule has 0 atom stereocenters. The molecule has 120 valence electrons. The summed E-state index contributed by atoms with van der Waals surface area (Å²) in [6.07, 6.45) is 5.14. The van der Waals surface area contributed by atoms with Crippen LogP contribution in [0.5, 0.6) is 0 Å². The molecule has 0 spiro atoms. The molecular formula is C17H13ClN4OS. The molecule has 0 radical (unpaired) electrons. The van der Waals surface area contributed by atoms with E-state index in [-0.39, 0.29) is 5.56 Å². The minimum Gasteiger partial charge on any atom is -0.376 e. The molecule has 3 aromatic heterocycles. The fourth-order valence-corrected chi connectivity index (χ4v) is 3.89. The molecule has 0 saturated heterocycles. The molecular weight excluding hydrogens is 344 g/mol. The average molecular weight is 357 g/mol. The van der Waals surface area contributed by atoms with Crippen LogP contribution in [0, 0.1) is 0 Å². The average Bonchev–Trinajstić information content (AvgIpc) is 2.96. The van der Waals surface area contributed by atoms with Crippen molar-refractivity contribution in [1.29, 1.82) is 0 Å². The monoisotopic (exact) mass is 356 g/mol. The van der Waals surface area contributed by atoms with E-state index < -0.39 is 0 Å². The number of rotatable bonds is 2. The molecule has 5 nitrogen and oxygen atoms in total. The third kappa shape index (κ3) is 2.26. The highest BCUT2D eigenvalue weighted by molar-refractivity contribution is 7.25. The van der Waals surface area contributed by atoms with Gasteiger partial charge in [-0.3, -0.25) is 14.3 Å². The summed E-state index contributed by atoms with van der Waals surface area (Å²) in [6.45, 7) is 0. The maximum absolute atomic E-state index is 12.9. The highest BCUT2D eigenvalue weighted by Gasteiger charge is 2.16. The first-order valence-electron chi connectivity index (χ1n) is 7.27. The number of anilines is 1. The maximum Gasteiger partial charge on any atom is 0.275 e. The van der Waals surface area contributed by atoms with E-state index in [0.29, 0.717) is 9.72 Å². The SMILES string of the molecule is CN(C)c1cncc2sc3c(=O)n(-c4ccc(Cl)cc4)cnc3c12. The Balaban J connectivity index is 2.04. The lowest BCUT2D eigenvalue weighted by Crippen LogP contribution is -2.17. The molecule has 0 bridgehead atoms. The Labute approximate surface area is 146 Å². The molecule has 0 unspecified atom stereocenters. The molecule has 0 saturated carbocycles. The Morgan fingerprint density at radius 2 is 1.92 bits per heavy atom. The zero-order chi connectivity index (χ0) is 16.8. The van der Waals surface area contributed by atoms with Crippen LogP contribution in [0.15, 0.2) is 47.8 Å². The van der Waals surface area contributed by atoms with Gasteiger partial charge < -0.3 is 4.90 Å². The number of halogens is 1. The normalized spacial score (nSPS) is 11.3. The largest absolute Gasteiger partial charge is 0.376 e. The van der Waals surface area contributed by atoms with Gasteiger partial charge in [-0.15, -0.1) is 11.3 Å². The van der Waals surface area contributed by atoms with Gasteiger partial charge in [0.15, 0.2) is 0 Å². The van der Waals surface area contributed by atoms with Crippen molar-refractivity contribution in [3.63, 3.8) is 0 Å². The Hall–Kier alpha value is -2.44. The lowest BCUT2D eigenvalue weighted by Gasteiger charge is -2.13. The van der Waals surface area contributed by atoms with E-state index in [4.69, 9.17) is 11.6 Å². The van der Waals surface area contributed by atoms with Gasteiger partial charge in [-0.25, -0.2) is 4.98 Å². The van der Waals surface area contributed by atoms with Gasteiger partial charge in [0.2, 0.25) is 0 Å². The predicted molar refractivity (Wildman–Crippen MR) is 99.9 cm³/mol. The van der Waals surface area contributed by atoms with E-state index in [0.717, 1.165) is 27.0 Å². The fraction of sp³-hybridized carbons (Fsp3) is 0.118. The first-order valence-corrected chi connectivity index (χ1v) is 8.47. The van der Waals surface area contributed by atoms with Crippen molar-refractivity contribution in [2.24, 2.45) is 0 Å². The second kappa shape index (κ2) is 5.58. The summed E-state index contributed by atoms with van der Waals surface area (Å²) in [5.41, 5.74) is 2.32. The molecule has 0 aliphatic heterocycles. The van der Waals surface area contributed by atoms with Crippen LogP contribution in [0.3, 0.4) is 0 Å². The predicted octanol–water partition coefficient (Wildman–Crippen LogP) is 3.71. The second-order valence-corrected chi connectivity index (χ2v) is 7.09. The number of hydrogen-bond donors (Lipinski definition) is 0. The highest BCUT2D eigenvalue weighted by atomic mass is 35.5. The Morgan fingerprint density at radius 3 is 2.62 bits per heavy atom. The van der Waals surface area contributed by atoms with Crippen molar-refractivity contribution in [3.8, 4) is 5.69 Å². The van der Waals surface area contributed by atoms with Crippen molar-refractivity contribution in [3.05, 3.63) is 58.4 Å². The van der Waals surface area contributed by atoms with Crippen LogP contribution in [-0.4, -0.2) is 28.6 Å². The molecule has 4 aromatic rings. The van der Waals surface area contributed by atoms with Crippen molar-refractivity contribution >= 4 is 48.9 Å². The number of hydrogen-bond acceptors (Lipinski definition) is 5. The molecule has 0 fully saturated rings. The van der Waals surface area contributed by atoms with Gasteiger partial charge in [0.05, 0.1) is 27.8 Å². The van der Waals surface area contributed by atoms with E-state index >= 15 is 0 Å². The number of pyridine rings is 1. The number of benzene rings is 1. The zero-order valence-electron chi connectivity index (χ0n) is 13.0. The number of nitrogens with zero attached hydrogens (tertiary/aromatic N) is 4. The van der Waals surface area contributed by atoms with Crippen molar-refractivity contribution < 1.29 is 0 Å². The zero-order valence-corrected chi connectivity index (χ0v) is 14.6. The van der Waals surface area contributed by atoms with Gasteiger partial charge >= 0.3 is 0 Å². The van der Waals surface area contributed by atoms with Crippen LogP contribution in [0.25, 0.3) is 26.0 Å². The standard InChI is InChI=1S/C17H13ClN4OS/c1-21(2)12-7-19-8-13-14(12)15-16(24-13)17(23)22(9-20-15)11-5-3-10(18)4-6-11/h3-9H,1-2H3. The van der Waals surface area contributed by atoms with Gasteiger partial charge in [-0.05, 0) is 24.3 Å². The lowest BCUT2D eigenvalue weighted by molar-refractivity contribution is 0.967. The summed E-state index contributed by atoms with van der Waals surface area (Å²) >= 11 is 7.34. The summed E-state index contributed by atoms with van der Waals surface area (Å²) in [4.78, 5) is 23.7. The molecule has 0 amide bonds. The smallest absolute Gasteiger partial charge is 0.275 e. The summed E-state index contributed by atoms with van der Waals surface area (Å²) in [5.74, 6) is 0. The van der Waals surface area contributed by atoms with Crippen molar-refractivity contribution in [2.45, 2.75) is 0 Å². The molecule has 0 aliphatic carbocycles. The van der Waals surface area contributed by atoms with E-state index in [1.165, 1.54) is 15.9 Å². The molecule has 3 heterocycles. The lowest BCUT2D eigenvalue weighted by atomic mass is 10.2. The summed E-state index contributed by atoms with van der Waals surface area (Å²) in [5, 5.41) is 1.60. The number of thiophene rings is 1. The maximum atomic E-state index is 12.9. The molecule has 7 heteroatoms. The van der Waals surface area contributed by atoms with Gasteiger partial charge in [0.25, 0.3) is 5.56 Å². The quantitative estimate of drug-likeness (QED) is 0.549. The van der Waals surface area contributed by atoms with Crippen molar-refractivity contribution in [1.82, 2.24) is 14.5 Å². The van der Waals surface area contributed by atoms with Gasteiger partial charge in [0.1, 0.15) is 11.0 Å². The van der Waals surface area contributed by atoms with Crippen LogP contribution in [0.2, 0.25) is 5.02 Å². The summed E-state index contributed by atoms with van der Waals surface area (Å²) in [6, 6.07) is 7.12. The van der Waals surface area contributed by atoms with Crippen LogP contribution in [0.4, 0.5) is 5.69 Å². The van der Waals surface area contributed by atoms with Crippen LogP contribution in [-0.2, 0) is 0 Å². The van der Waals surface area contributed by atoms with Gasteiger partial charge in [0, 0.05) is 30.7 Å². The van der Waals surface area contributed by atoms with Crippen LogP contribution in [0.1, 0.15) is 0 Å². The molecule has 24 heavy (non-hydrogen) atoms. The van der Waals surface area contributed by atoms with E-state index in [2.05, 4.69) is 9.97 Å².